The van der Waals surface area contributed by atoms with Crippen LogP contribution in [-0.2, 0) is 0 Å². The molecule has 0 bridgehead atoms. The Morgan fingerprint density at radius 1 is 1.55 bits per heavy atom. The van der Waals surface area contributed by atoms with E-state index in [1.54, 1.807) is 0 Å². The van der Waals surface area contributed by atoms with Gasteiger partial charge in [0.15, 0.2) is 0 Å². The van der Waals surface area contributed by atoms with E-state index < -0.39 is 0 Å². The van der Waals surface area contributed by atoms with Crippen LogP contribution in [0, 0.1) is 11.8 Å². The summed E-state index contributed by atoms with van der Waals surface area (Å²) < 4.78 is 0. The molecule has 1 N–H and O–H groups in total. The summed E-state index contributed by atoms with van der Waals surface area (Å²) in [6, 6.07) is 0.633. The van der Waals surface area contributed by atoms with Gasteiger partial charge in [-0.1, -0.05) is 11.8 Å². The van der Waals surface area contributed by atoms with Crippen molar-refractivity contribution in [2.24, 2.45) is 0 Å². The Bertz CT molecular complexity index is 168. The molecule has 0 aromatic rings. The van der Waals surface area contributed by atoms with Crippen LogP contribution in [0.2, 0.25) is 0 Å². The molecule has 1 atom stereocenters. The topological polar surface area (TPSA) is 23.5 Å². The van der Waals surface area contributed by atoms with E-state index in [0.29, 0.717) is 6.04 Å². The van der Waals surface area contributed by atoms with Gasteiger partial charge in [-0.2, -0.15) is 0 Å². The van der Waals surface area contributed by atoms with Crippen LogP contribution < -0.4 is 0 Å². The minimum Gasteiger partial charge on any atom is -0.384 e. The van der Waals surface area contributed by atoms with Crippen LogP contribution in [0.4, 0.5) is 0 Å². The van der Waals surface area contributed by atoms with E-state index in [0.717, 1.165) is 6.42 Å². The minimum atomic E-state index is -0.00354. The van der Waals surface area contributed by atoms with Gasteiger partial charge in [0, 0.05) is 12.5 Å². The fourth-order valence-corrected chi connectivity index (χ4v) is 1.48. The SMILES string of the molecule is CN1CCCC1CC#CCO. The molecule has 1 aliphatic rings. The van der Waals surface area contributed by atoms with Crippen LogP contribution in [0.1, 0.15) is 19.3 Å². The summed E-state index contributed by atoms with van der Waals surface area (Å²) in [7, 11) is 2.14. The number of nitrogens with zero attached hydrogens (tertiary/aromatic N) is 1. The predicted octanol–water partition coefficient (Wildman–Crippen LogP) is 0.466. The lowest BCUT2D eigenvalue weighted by Crippen LogP contribution is -2.24. The second kappa shape index (κ2) is 4.38. The van der Waals surface area contributed by atoms with Crippen LogP contribution in [0.25, 0.3) is 0 Å². The Morgan fingerprint density at radius 3 is 2.91 bits per heavy atom. The van der Waals surface area contributed by atoms with Gasteiger partial charge in [-0.15, -0.1) is 0 Å². The first-order valence-corrected chi connectivity index (χ1v) is 4.11. The number of aliphatic hydroxyl groups is 1. The highest BCUT2D eigenvalue weighted by atomic mass is 16.2. The average Bonchev–Trinajstić information content (AvgIpc) is 2.37. The third-order valence-electron chi connectivity index (χ3n) is 2.21. The van der Waals surface area contributed by atoms with Gasteiger partial charge < -0.3 is 10.0 Å². The highest BCUT2D eigenvalue weighted by molar-refractivity contribution is 5.02. The Balaban J connectivity index is 2.25. The predicted molar refractivity (Wildman–Crippen MR) is 45.1 cm³/mol. The number of hydrogen-bond acceptors (Lipinski definition) is 2. The number of rotatable bonds is 1. The molecule has 1 saturated heterocycles. The standard InChI is InChI=1S/C9H15NO/c1-10-7-4-6-9(10)5-2-3-8-11/h9,11H,4-8H2,1H3. The van der Waals surface area contributed by atoms with Gasteiger partial charge in [-0.05, 0) is 26.4 Å². The first-order chi connectivity index (χ1) is 5.34. The second-order valence-electron chi connectivity index (χ2n) is 2.99. The minimum absolute atomic E-state index is 0.00354. The summed E-state index contributed by atoms with van der Waals surface area (Å²) in [5, 5.41) is 8.42. The average molecular weight is 153 g/mol. The summed E-state index contributed by atoms with van der Waals surface area (Å²) in [4.78, 5) is 2.34. The lowest BCUT2D eigenvalue weighted by Gasteiger charge is -2.15. The molecule has 11 heavy (non-hydrogen) atoms. The second-order valence-corrected chi connectivity index (χ2v) is 2.99. The molecule has 0 amide bonds. The normalized spacial score (nSPS) is 24.7. The highest BCUT2D eigenvalue weighted by Gasteiger charge is 2.18. The Morgan fingerprint density at radius 2 is 2.36 bits per heavy atom. The lowest BCUT2D eigenvalue weighted by molar-refractivity contribution is 0.315. The van der Waals surface area contributed by atoms with Crippen LogP contribution in [0.5, 0.6) is 0 Å². The van der Waals surface area contributed by atoms with Crippen molar-refractivity contribution in [2.75, 3.05) is 20.2 Å². The Labute approximate surface area is 68.2 Å². The van der Waals surface area contributed by atoms with Gasteiger partial charge >= 0.3 is 0 Å². The van der Waals surface area contributed by atoms with Crippen molar-refractivity contribution in [1.29, 1.82) is 0 Å². The molecule has 1 aliphatic heterocycles. The van der Waals surface area contributed by atoms with Crippen molar-refractivity contribution in [1.82, 2.24) is 4.90 Å². The third kappa shape index (κ3) is 2.53. The summed E-state index contributed by atoms with van der Waals surface area (Å²) in [5.41, 5.74) is 0. The first-order valence-electron chi connectivity index (χ1n) is 4.11. The molecule has 2 heteroatoms. The van der Waals surface area contributed by atoms with Crippen molar-refractivity contribution >= 4 is 0 Å². The van der Waals surface area contributed by atoms with Crippen LogP contribution in [0.15, 0.2) is 0 Å². The molecule has 2 nitrogen and oxygen atoms in total. The zero-order valence-corrected chi connectivity index (χ0v) is 7.01. The smallest absolute Gasteiger partial charge is 0.104 e. The first kappa shape index (κ1) is 8.58. The van der Waals surface area contributed by atoms with E-state index >= 15 is 0 Å². The third-order valence-corrected chi connectivity index (χ3v) is 2.21. The fraction of sp³-hybridized carbons (Fsp3) is 0.778. The molecule has 0 spiro atoms. The quantitative estimate of drug-likeness (QED) is 0.553. The van der Waals surface area contributed by atoms with Gasteiger partial charge in [-0.25, -0.2) is 0 Å². The van der Waals surface area contributed by atoms with Crippen molar-refractivity contribution < 1.29 is 5.11 Å². The van der Waals surface area contributed by atoms with E-state index in [9.17, 15) is 0 Å². The largest absolute Gasteiger partial charge is 0.384 e. The zero-order chi connectivity index (χ0) is 8.10. The molecule has 1 fully saturated rings. The molecule has 62 valence electrons. The van der Waals surface area contributed by atoms with E-state index in [4.69, 9.17) is 5.11 Å². The van der Waals surface area contributed by atoms with Crippen molar-refractivity contribution in [2.45, 2.75) is 25.3 Å². The van der Waals surface area contributed by atoms with Crippen LogP contribution >= 0.6 is 0 Å². The van der Waals surface area contributed by atoms with E-state index in [1.807, 2.05) is 0 Å². The monoisotopic (exact) mass is 153 g/mol. The van der Waals surface area contributed by atoms with Gasteiger partial charge in [0.05, 0.1) is 0 Å². The summed E-state index contributed by atoms with van der Waals surface area (Å²) in [6.07, 6.45) is 3.47. The molecule has 0 aromatic carbocycles. The fourth-order valence-electron chi connectivity index (χ4n) is 1.48. The molecule has 1 rings (SSSR count). The zero-order valence-electron chi connectivity index (χ0n) is 7.01. The van der Waals surface area contributed by atoms with E-state index in [2.05, 4.69) is 23.8 Å². The van der Waals surface area contributed by atoms with Gasteiger partial charge in [0.2, 0.25) is 0 Å². The molecular weight excluding hydrogens is 138 g/mol. The maximum atomic E-state index is 8.42. The molecule has 0 radical (unpaired) electrons. The summed E-state index contributed by atoms with van der Waals surface area (Å²) in [5.74, 6) is 5.64. The molecular formula is C9H15NO. The highest BCUT2D eigenvalue weighted by Crippen LogP contribution is 2.16. The molecule has 1 unspecified atom stereocenters. The Kier molecular flexibility index (Phi) is 3.41. The number of hydrogen-bond donors (Lipinski definition) is 1. The van der Waals surface area contributed by atoms with Crippen molar-refractivity contribution in [3.05, 3.63) is 0 Å². The van der Waals surface area contributed by atoms with Gasteiger partial charge in [0.1, 0.15) is 6.61 Å². The van der Waals surface area contributed by atoms with Gasteiger partial charge in [-0.3, -0.25) is 0 Å². The number of likely N-dealkylation sites (tertiary alicyclic amines) is 1. The molecule has 1 heterocycles. The summed E-state index contributed by atoms with van der Waals surface area (Å²) in [6.45, 7) is 1.20. The van der Waals surface area contributed by atoms with Crippen molar-refractivity contribution in [3.63, 3.8) is 0 Å². The maximum Gasteiger partial charge on any atom is 0.104 e. The van der Waals surface area contributed by atoms with Crippen LogP contribution in [-0.4, -0.2) is 36.2 Å². The van der Waals surface area contributed by atoms with E-state index in [1.165, 1.54) is 19.4 Å². The number of aliphatic hydroxyl groups excluding tert-OH is 1. The van der Waals surface area contributed by atoms with Crippen molar-refractivity contribution in [3.8, 4) is 11.8 Å². The molecule has 0 aliphatic carbocycles. The molecule has 0 saturated carbocycles. The Hall–Kier alpha value is -0.520. The maximum absolute atomic E-state index is 8.42. The lowest BCUT2D eigenvalue weighted by atomic mass is 10.1. The van der Waals surface area contributed by atoms with E-state index in [-0.39, 0.29) is 6.61 Å². The summed E-state index contributed by atoms with van der Waals surface area (Å²) >= 11 is 0. The van der Waals surface area contributed by atoms with Gasteiger partial charge in [0.25, 0.3) is 0 Å². The molecule has 0 aromatic heterocycles. The van der Waals surface area contributed by atoms with Crippen LogP contribution in [0.3, 0.4) is 0 Å².